The van der Waals surface area contributed by atoms with Crippen LogP contribution in [0.1, 0.15) is 23.3 Å². The van der Waals surface area contributed by atoms with Gasteiger partial charge < -0.3 is 9.73 Å². The predicted octanol–water partition coefficient (Wildman–Crippen LogP) is 3.00. The van der Waals surface area contributed by atoms with Gasteiger partial charge in [-0.1, -0.05) is 6.07 Å². The standard InChI is InChI=1S/C15H15N3O3S/c1-22-11-4-2-3-10(7-11)16-14(20)12-8-21-15(17-12)18-13(19)9-5-6-9/h2-4,7-9H,5-6H2,1H3,(H,16,20)(H,17,18,19). The molecule has 0 saturated heterocycles. The summed E-state index contributed by atoms with van der Waals surface area (Å²) in [4.78, 5) is 28.7. The fourth-order valence-corrected chi connectivity index (χ4v) is 2.34. The largest absolute Gasteiger partial charge is 0.431 e. The molecule has 0 radical (unpaired) electrons. The number of oxazole rings is 1. The van der Waals surface area contributed by atoms with Crippen LogP contribution in [0.15, 0.2) is 39.8 Å². The lowest BCUT2D eigenvalue weighted by Gasteiger charge is -2.04. The maximum atomic E-state index is 12.1. The first-order valence-corrected chi connectivity index (χ1v) is 8.10. The van der Waals surface area contributed by atoms with E-state index in [1.165, 1.54) is 6.26 Å². The van der Waals surface area contributed by atoms with Crippen LogP contribution < -0.4 is 10.6 Å². The van der Waals surface area contributed by atoms with E-state index in [0.717, 1.165) is 17.7 Å². The Kier molecular flexibility index (Phi) is 4.15. The number of carbonyl (C=O) groups excluding carboxylic acids is 2. The molecule has 2 aromatic rings. The summed E-state index contributed by atoms with van der Waals surface area (Å²) in [5.74, 6) is -0.436. The first-order chi connectivity index (χ1) is 10.7. The van der Waals surface area contributed by atoms with Gasteiger partial charge in [0.25, 0.3) is 5.91 Å². The first kappa shape index (κ1) is 14.6. The summed E-state index contributed by atoms with van der Waals surface area (Å²) in [5, 5.41) is 5.31. The molecule has 1 saturated carbocycles. The second-order valence-electron chi connectivity index (χ2n) is 4.99. The van der Waals surface area contributed by atoms with Crippen LogP contribution in [0.25, 0.3) is 0 Å². The maximum Gasteiger partial charge on any atom is 0.302 e. The molecule has 114 valence electrons. The van der Waals surface area contributed by atoms with Crippen LogP contribution in [-0.2, 0) is 4.79 Å². The second kappa shape index (κ2) is 6.23. The number of hydrogen-bond acceptors (Lipinski definition) is 5. The van der Waals surface area contributed by atoms with E-state index >= 15 is 0 Å². The van der Waals surface area contributed by atoms with Gasteiger partial charge in [0.15, 0.2) is 5.69 Å². The van der Waals surface area contributed by atoms with Crippen molar-refractivity contribution < 1.29 is 14.0 Å². The fraction of sp³-hybridized carbons (Fsp3) is 0.267. The van der Waals surface area contributed by atoms with Gasteiger partial charge in [-0.25, -0.2) is 0 Å². The van der Waals surface area contributed by atoms with Gasteiger partial charge in [0.05, 0.1) is 0 Å². The number of nitrogens with zero attached hydrogens (tertiary/aromatic N) is 1. The Hall–Kier alpha value is -2.28. The van der Waals surface area contributed by atoms with Gasteiger partial charge in [0.2, 0.25) is 5.91 Å². The number of carbonyl (C=O) groups is 2. The quantitative estimate of drug-likeness (QED) is 0.828. The third-order valence-corrected chi connectivity index (χ3v) is 3.97. The summed E-state index contributed by atoms with van der Waals surface area (Å²) >= 11 is 1.59. The second-order valence-corrected chi connectivity index (χ2v) is 5.87. The summed E-state index contributed by atoms with van der Waals surface area (Å²) < 4.78 is 5.11. The topological polar surface area (TPSA) is 84.2 Å². The van der Waals surface area contributed by atoms with Crippen LogP contribution in [-0.4, -0.2) is 23.1 Å². The highest BCUT2D eigenvalue weighted by atomic mass is 32.2. The van der Waals surface area contributed by atoms with E-state index in [2.05, 4.69) is 15.6 Å². The lowest BCUT2D eigenvalue weighted by atomic mass is 10.3. The van der Waals surface area contributed by atoms with Crippen molar-refractivity contribution in [3.05, 3.63) is 36.2 Å². The van der Waals surface area contributed by atoms with Crippen LogP contribution in [0.4, 0.5) is 11.7 Å². The molecule has 2 amide bonds. The summed E-state index contributed by atoms with van der Waals surface area (Å²) in [6.45, 7) is 0. The third kappa shape index (κ3) is 3.48. The molecule has 1 aliphatic rings. The number of thioether (sulfide) groups is 1. The highest BCUT2D eigenvalue weighted by molar-refractivity contribution is 7.98. The van der Waals surface area contributed by atoms with Crippen LogP contribution in [0.5, 0.6) is 0 Å². The van der Waals surface area contributed by atoms with Crippen LogP contribution in [0.2, 0.25) is 0 Å². The number of rotatable bonds is 5. The minimum atomic E-state index is -0.381. The van der Waals surface area contributed by atoms with Gasteiger partial charge >= 0.3 is 6.01 Å². The van der Waals surface area contributed by atoms with Gasteiger partial charge in [-0.2, -0.15) is 4.98 Å². The van der Waals surface area contributed by atoms with Gasteiger partial charge in [-0.05, 0) is 37.3 Å². The molecular formula is C15H15N3O3S. The van der Waals surface area contributed by atoms with Gasteiger partial charge in [0, 0.05) is 16.5 Å². The number of aromatic nitrogens is 1. The van der Waals surface area contributed by atoms with Crippen molar-refractivity contribution in [2.45, 2.75) is 17.7 Å². The van der Waals surface area contributed by atoms with Crippen molar-refractivity contribution >= 4 is 35.3 Å². The lowest BCUT2D eigenvalue weighted by molar-refractivity contribution is -0.117. The van der Waals surface area contributed by atoms with Crippen molar-refractivity contribution in [1.82, 2.24) is 4.98 Å². The molecule has 1 fully saturated rings. The summed E-state index contributed by atoms with van der Waals surface area (Å²) in [5.41, 5.74) is 0.809. The normalized spacial score (nSPS) is 13.7. The van der Waals surface area contributed by atoms with Crippen molar-refractivity contribution in [1.29, 1.82) is 0 Å². The Morgan fingerprint density at radius 1 is 1.32 bits per heavy atom. The zero-order valence-corrected chi connectivity index (χ0v) is 12.8. The highest BCUT2D eigenvalue weighted by Gasteiger charge is 2.30. The van der Waals surface area contributed by atoms with Crippen molar-refractivity contribution in [2.75, 3.05) is 16.9 Å². The van der Waals surface area contributed by atoms with Gasteiger partial charge in [0.1, 0.15) is 6.26 Å². The molecule has 1 aliphatic carbocycles. The molecule has 0 unspecified atom stereocenters. The van der Waals surface area contributed by atoms with E-state index < -0.39 is 0 Å². The molecule has 0 bridgehead atoms. The number of hydrogen-bond donors (Lipinski definition) is 2. The minimum absolute atomic E-state index is 0.0541. The van der Waals surface area contributed by atoms with Gasteiger partial charge in [-0.15, -0.1) is 11.8 Å². The van der Waals surface area contributed by atoms with Crippen molar-refractivity contribution in [3.63, 3.8) is 0 Å². The number of benzene rings is 1. The summed E-state index contributed by atoms with van der Waals surface area (Å²) in [7, 11) is 0. The molecule has 1 heterocycles. The molecule has 7 heteroatoms. The summed E-state index contributed by atoms with van der Waals surface area (Å²) in [6, 6.07) is 7.55. The van der Waals surface area contributed by atoms with E-state index in [9.17, 15) is 9.59 Å². The van der Waals surface area contributed by atoms with E-state index in [0.29, 0.717) is 5.69 Å². The molecule has 1 aromatic carbocycles. The van der Waals surface area contributed by atoms with E-state index in [1.807, 2.05) is 24.5 Å². The van der Waals surface area contributed by atoms with Crippen LogP contribution >= 0.6 is 11.8 Å². The molecule has 2 N–H and O–H groups in total. The van der Waals surface area contributed by atoms with E-state index in [-0.39, 0.29) is 29.4 Å². The maximum absolute atomic E-state index is 12.1. The Labute approximate surface area is 131 Å². The van der Waals surface area contributed by atoms with E-state index in [4.69, 9.17) is 4.42 Å². The zero-order valence-electron chi connectivity index (χ0n) is 12.0. The molecule has 0 aliphatic heterocycles. The minimum Gasteiger partial charge on any atom is -0.431 e. The Bertz CT molecular complexity index is 710. The molecule has 3 rings (SSSR count). The third-order valence-electron chi connectivity index (χ3n) is 3.24. The van der Waals surface area contributed by atoms with Crippen molar-refractivity contribution in [3.8, 4) is 0 Å². The Balaban J connectivity index is 1.64. The average Bonchev–Trinajstić information content (AvgIpc) is 3.27. The van der Waals surface area contributed by atoms with Crippen LogP contribution in [0, 0.1) is 5.92 Å². The predicted molar refractivity (Wildman–Crippen MR) is 84.0 cm³/mol. The summed E-state index contributed by atoms with van der Waals surface area (Å²) in [6.07, 6.45) is 4.99. The monoisotopic (exact) mass is 317 g/mol. The molecule has 22 heavy (non-hydrogen) atoms. The van der Waals surface area contributed by atoms with Crippen LogP contribution in [0.3, 0.4) is 0 Å². The molecule has 0 spiro atoms. The SMILES string of the molecule is CSc1cccc(NC(=O)c2coc(NC(=O)C3CC3)n2)c1. The molecule has 1 aromatic heterocycles. The Morgan fingerprint density at radius 2 is 2.14 bits per heavy atom. The van der Waals surface area contributed by atoms with Gasteiger partial charge in [-0.3, -0.25) is 14.9 Å². The number of nitrogens with one attached hydrogen (secondary N) is 2. The van der Waals surface area contributed by atoms with Crippen molar-refractivity contribution in [2.24, 2.45) is 5.92 Å². The lowest BCUT2D eigenvalue weighted by Crippen LogP contribution is -2.15. The number of amides is 2. The zero-order chi connectivity index (χ0) is 15.5. The molecular weight excluding hydrogens is 302 g/mol. The molecule has 6 nitrogen and oxygen atoms in total. The molecule has 0 atom stereocenters. The average molecular weight is 317 g/mol. The first-order valence-electron chi connectivity index (χ1n) is 6.87. The highest BCUT2D eigenvalue weighted by Crippen LogP contribution is 2.30. The Morgan fingerprint density at radius 3 is 2.86 bits per heavy atom. The van der Waals surface area contributed by atoms with E-state index in [1.54, 1.807) is 17.8 Å². The fourth-order valence-electron chi connectivity index (χ4n) is 1.88. The number of anilines is 2. The smallest absolute Gasteiger partial charge is 0.302 e.